The molecule has 0 saturated heterocycles. The maximum absolute atomic E-state index is 5.35. The molecule has 3 aromatic rings. The molecule has 2 aromatic carbocycles. The van der Waals surface area contributed by atoms with Crippen molar-refractivity contribution in [1.29, 1.82) is 0 Å². The van der Waals surface area contributed by atoms with Gasteiger partial charge in [-0.25, -0.2) is 4.98 Å². The highest BCUT2D eigenvalue weighted by atomic mass is 32.2. The number of hydrogen-bond acceptors (Lipinski definition) is 4. The number of thioether (sulfide) groups is 1. The van der Waals surface area contributed by atoms with Gasteiger partial charge in [0.1, 0.15) is 5.75 Å². The van der Waals surface area contributed by atoms with Crippen LogP contribution in [-0.2, 0) is 5.75 Å². The second-order valence-corrected chi connectivity index (χ2v) is 5.38. The molecule has 1 heterocycles. The number of para-hydroxylation sites is 1. The van der Waals surface area contributed by atoms with E-state index in [-0.39, 0.29) is 0 Å². The van der Waals surface area contributed by atoms with E-state index >= 15 is 0 Å². The number of hydrogen-bond donors (Lipinski definition) is 1. The maximum Gasteiger partial charge on any atom is 0.209 e. The van der Waals surface area contributed by atoms with Crippen LogP contribution in [0, 0.1) is 0 Å². The molecule has 0 aliphatic carbocycles. The van der Waals surface area contributed by atoms with Crippen molar-refractivity contribution in [2.24, 2.45) is 0 Å². The van der Waals surface area contributed by atoms with Crippen LogP contribution in [0.3, 0.4) is 0 Å². The van der Waals surface area contributed by atoms with Gasteiger partial charge in [-0.1, -0.05) is 60.3 Å². The minimum Gasteiger partial charge on any atom is -0.496 e. The number of aromatic amines is 1. The fourth-order valence-corrected chi connectivity index (χ4v) is 2.79. The summed E-state index contributed by atoms with van der Waals surface area (Å²) in [4.78, 5) is 4.51. The average molecular weight is 297 g/mol. The zero-order valence-electron chi connectivity index (χ0n) is 11.6. The SMILES string of the molecule is COc1ccccc1CSc1n[nH]c(-c2ccccc2)n1. The van der Waals surface area contributed by atoms with Gasteiger partial charge in [-0.2, -0.15) is 0 Å². The predicted molar refractivity (Wildman–Crippen MR) is 84.4 cm³/mol. The van der Waals surface area contributed by atoms with Gasteiger partial charge in [-0.3, -0.25) is 5.10 Å². The normalized spacial score (nSPS) is 10.5. The van der Waals surface area contributed by atoms with Crippen molar-refractivity contribution < 1.29 is 4.74 Å². The number of benzene rings is 2. The Morgan fingerprint density at radius 1 is 1.05 bits per heavy atom. The molecule has 21 heavy (non-hydrogen) atoms. The second-order valence-electron chi connectivity index (χ2n) is 4.43. The number of H-pyrrole nitrogens is 1. The fraction of sp³-hybridized carbons (Fsp3) is 0.125. The van der Waals surface area contributed by atoms with E-state index in [0.29, 0.717) is 0 Å². The van der Waals surface area contributed by atoms with E-state index in [1.54, 1.807) is 18.9 Å². The van der Waals surface area contributed by atoms with Crippen molar-refractivity contribution in [2.75, 3.05) is 7.11 Å². The maximum atomic E-state index is 5.35. The zero-order valence-corrected chi connectivity index (χ0v) is 12.4. The van der Waals surface area contributed by atoms with E-state index in [9.17, 15) is 0 Å². The molecule has 0 unspecified atom stereocenters. The molecule has 106 valence electrons. The molecule has 0 aliphatic heterocycles. The molecule has 0 saturated carbocycles. The van der Waals surface area contributed by atoms with Gasteiger partial charge in [0.05, 0.1) is 7.11 Å². The zero-order chi connectivity index (χ0) is 14.5. The Bertz CT molecular complexity index is 712. The Morgan fingerprint density at radius 2 is 1.81 bits per heavy atom. The lowest BCUT2D eigenvalue weighted by Crippen LogP contribution is -1.89. The fourth-order valence-electron chi connectivity index (χ4n) is 2.00. The van der Waals surface area contributed by atoms with E-state index in [4.69, 9.17) is 4.74 Å². The Kier molecular flexibility index (Phi) is 4.21. The quantitative estimate of drug-likeness (QED) is 0.728. The highest BCUT2D eigenvalue weighted by Gasteiger charge is 2.08. The third-order valence-electron chi connectivity index (χ3n) is 3.06. The first-order valence-corrected chi connectivity index (χ1v) is 7.58. The van der Waals surface area contributed by atoms with Crippen LogP contribution < -0.4 is 4.74 Å². The Hall–Kier alpha value is -2.27. The summed E-state index contributed by atoms with van der Waals surface area (Å²) in [6.07, 6.45) is 0. The molecule has 0 aliphatic rings. The number of aromatic nitrogens is 3. The highest BCUT2D eigenvalue weighted by molar-refractivity contribution is 7.98. The molecular weight excluding hydrogens is 282 g/mol. The van der Waals surface area contributed by atoms with Crippen LogP contribution in [0.4, 0.5) is 0 Å². The van der Waals surface area contributed by atoms with Gasteiger partial charge in [-0.15, -0.1) is 5.10 Å². The van der Waals surface area contributed by atoms with Crippen molar-refractivity contribution in [3.8, 4) is 17.1 Å². The smallest absolute Gasteiger partial charge is 0.209 e. The molecule has 1 aromatic heterocycles. The van der Waals surface area contributed by atoms with E-state index < -0.39 is 0 Å². The van der Waals surface area contributed by atoms with Crippen molar-refractivity contribution in [1.82, 2.24) is 15.2 Å². The summed E-state index contributed by atoms with van der Waals surface area (Å²) in [5.74, 6) is 2.46. The van der Waals surface area contributed by atoms with Gasteiger partial charge >= 0.3 is 0 Å². The van der Waals surface area contributed by atoms with Gasteiger partial charge in [0.2, 0.25) is 5.16 Å². The van der Waals surface area contributed by atoms with Crippen LogP contribution in [0.15, 0.2) is 59.8 Å². The van der Waals surface area contributed by atoms with Crippen LogP contribution in [0.2, 0.25) is 0 Å². The molecule has 3 rings (SSSR count). The van der Waals surface area contributed by atoms with Crippen molar-refractivity contribution in [2.45, 2.75) is 10.9 Å². The largest absolute Gasteiger partial charge is 0.496 e. The van der Waals surface area contributed by atoms with Gasteiger partial charge in [0.25, 0.3) is 0 Å². The summed E-state index contributed by atoms with van der Waals surface area (Å²) >= 11 is 1.59. The lowest BCUT2D eigenvalue weighted by Gasteiger charge is -2.05. The molecule has 0 fully saturated rings. The molecule has 5 heteroatoms. The highest BCUT2D eigenvalue weighted by Crippen LogP contribution is 2.26. The number of nitrogens with zero attached hydrogens (tertiary/aromatic N) is 2. The topological polar surface area (TPSA) is 50.8 Å². The summed E-state index contributed by atoms with van der Waals surface area (Å²) in [6, 6.07) is 18.0. The van der Waals surface area contributed by atoms with Crippen LogP contribution in [0.5, 0.6) is 5.75 Å². The summed E-state index contributed by atoms with van der Waals surface area (Å²) in [5, 5.41) is 7.96. The summed E-state index contributed by atoms with van der Waals surface area (Å²) in [5.41, 5.74) is 2.17. The Labute approximate surface area is 127 Å². The van der Waals surface area contributed by atoms with E-state index in [0.717, 1.165) is 33.6 Å². The standard InChI is InChI=1S/C16H15N3OS/c1-20-14-10-6-5-9-13(14)11-21-16-17-15(18-19-16)12-7-3-2-4-8-12/h2-10H,11H2,1H3,(H,17,18,19). The summed E-state index contributed by atoms with van der Waals surface area (Å²) < 4.78 is 5.35. The molecule has 4 nitrogen and oxygen atoms in total. The molecule has 1 N–H and O–H groups in total. The first-order valence-electron chi connectivity index (χ1n) is 6.59. The van der Waals surface area contributed by atoms with E-state index in [1.165, 1.54) is 0 Å². The van der Waals surface area contributed by atoms with Crippen molar-refractivity contribution in [3.05, 3.63) is 60.2 Å². The lowest BCUT2D eigenvalue weighted by molar-refractivity contribution is 0.411. The average Bonchev–Trinajstić information content (AvgIpc) is 3.03. The van der Waals surface area contributed by atoms with Crippen LogP contribution in [-0.4, -0.2) is 22.3 Å². The monoisotopic (exact) mass is 297 g/mol. The number of nitrogens with one attached hydrogen (secondary N) is 1. The third kappa shape index (κ3) is 3.25. The van der Waals surface area contributed by atoms with Gasteiger partial charge in [-0.05, 0) is 6.07 Å². The van der Waals surface area contributed by atoms with Crippen molar-refractivity contribution in [3.63, 3.8) is 0 Å². The first-order chi connectivity index (χ1) is 10.4. The first kappa shape index (κ1) is 13.7. The van der Waals surface area contributed by atoms with Gasteiger partial charge < -0.3 is 4.74 Å². The van der Waals surface area contributed by atoms with E-state index in [1.807, 2.05) is 48.5 Å². The Morgan fingerprint density at radius 3 is 2.62 bits per heavy atom. The number of rotatable bonds is 5. The number of methoxy groups -OCH3 is 1. The van der Waals surface area contributed by atoms with Crippen LogP contribution in [0.1, 0.15) is 5.56 Å². The summed E-state index contributed by atoms with van der Waals surface area (Å²) in [7, 11) is 1.68. The van der Waals surface area contributed by atoms with Crippen molar-refractivity contribution >= 4 is 11.8 Å². The minimum absolute atomic E-state index is 0.736. The second kappa shape index (κ2) is 6.45. The van der Waals surface area contributed by atoms with Crippen LogP contribution in [0.25, 0.3) is 11.4 Å². The lowest BCUT2D eigenvalue weighted by atomic mass is 10.2. The Balaban J connectivity index is 1.71. The molecule has 0 bridgehead atoms. The van der Waals surface area contributed by atoms with Gasteiger partial charge in [0.15, 0.2) is 5.82 Å². The number of ether oxygens (including phenoxy) is 1. The third-order valence-corrected chi connectivity index (χ3v) is 3.96. The van der Waals surface area contributed by atoms with Crippen LogP contribution >= 0.6 is 11.8 Å². The van der Waals surface area contributed by atoms with Gasteiger partial charge in [0, 0.05) is 16.9 Å². The van der Waals surface area contributed by atoms with E-state index in [2.05, 4.69) is 21.2 Å². The predicted octanol–water partition coefficient (Wildman–Crippen LogP) is 3.77. The molecule has 0 amide bonds. The minimum atomic E-state index is 0.736. The molecular formula is C16H15N3OS. The molecule has 0 spiro atoms. The molecule has 0 radical (unpaired) electrons. The summed E-state index contributed by atoms with van der Waals surface area (Å²) in [6.45, 7) is 0. The molecule has 0 atom stereocenters.